The van der Waals surface area contributed by atoms with Gasteiger partial charge in [-0.15, -0.1) is 0 Å². The third kappa shape index (κ3) is 2.28. The van der Waals surface area contributed by atoms with E-state index in [4.69, 9.17) is 5.73 Å². The van der Waals surface area contributed by atoms with E-state index in [1.165, 1.54) is 16.9 Å². The van der Waals surface area contributed by atoms with Gasteiger partial charge in [0.1, 0.15) is 0 Å². The minimum absolute atomic E-state index is 0.0659. The second kappa shape index (κ2) is 4.99. The summed E-state index contributed by atoms with van der Waals surface area (Å²) in [4.78, 5) is 2.37. The van der Waals surface area contributed by atoms with Crippen molar-refractivity contribution in [1.82, 2.24) is 0 Å². The van der Waals surface area contributed by atoms with Gasteiger partial charge in [0.25, 0.3) is 0 Å². The minimum Gasteiger partial charge on any atom is -0.340 e. The Kier molecular flexibility index (Phi) is 3.33. The Labute approximate surface area is 122 Å². The number of nitrogens with zero attached hydrogens (tertiary/aromatic N) is 1. The van der Waals surface area contributed by atoms with Crippen molar-refractivity contribution in [2.24, 2.45) is 5.73 Å². The van der Waals surface area contributed by atoms with Gasteiger partial charge in [0, 0.05) is 22.7 Å². The molecule has 0 radical (unpaired) electrons. The Hall–Kier alpha value is -1.32. The van der Waals surface area contributed by atoms with E-state index in [0.29, 0.717) is 0 Å². The largest absolute Gasteiger partial charge is 0.340 e. The van der Waals surface area contributed by atoms with Gasteiger partial charge in [0.15, 0.2) is 0 Å². The molecular weight excluding hydrogens is 300 g/mol. The average molecular weight is 317 g/mol. The molecule has 3 heteroatoms. The molecule has 1 aliphatic heterocycles. The number of hydrogen-bond donors (Lipinski definition) is 1. The van der Waals surface area contributed by atoms with E-state index in [9.17, 15) is 0 Å². The lowest BCUT2D eigenvalue weighted by atomic mass is 10.1. The maximum atomic E-state index is 5.93. The molecule has 2 nitrogen and oxygen atoms in total. The van der Waals surface area contributed by atoms with Crippen molar-refractivity contribution in [3.8, 4) is 0 Å². The molecule has 2 aromatic rings. The Morgan fingerprint density at radius 1 is 1.16 bits per heavy atom. The average Bonchev–Trinajstić information content (AvgIpc) is 2.82. The predicted octanol–water partition coefficient (Wildman–Crippen LogP) is 4.16. The first-order valence-electron chi connectivity index (χ1n) is 6.57. The van der Waals surface area contributed by atoms with E-state index >= 15 is 0 Å². The first-order valence-corrected chi connectivity index (χ1v) is 7.36. The van der Waals surface area contributed by atoms with Crippen LogP contribution in [-0.2, 0) is 6.42 Å². The first-order chi connectivity index (χ1) is 9.16. The molecule has 1 atom stereocenters. The summed E-state index contributed by atoms with van der Waals surface area (Å²) in [6.07, 6.45) is 1.11. The van der Waals surface area contributed by atoms with Gasteiger partial charge in [-0.3, -0.25) is 0 Å². The van der Waals surface area contributed by atoms with Gasteiger partial charge in [0.2, 0.25) is 0 Å². The third-order valence-corrected chi connectivity index (χ3v) is 4.31. The van der Waals surface area contributed by atoms with Gasteiger partial charge in [-0.1, -0.05) is 24.3 Å². The molecule has 0 aromatic heterocycles. The van der Waals surface area contributed by atoms with Crippen molar-refractivity contribution in [3.63, 3.8) is 0 Å². The van der Waals surface area contributed by atoms with Crippen LogP contribution in [0.4, 0.5) is 11.4 Å². The summed E-state index contributed by atoms with van der Waals surface area (Å²) in [7, 11) is 0. The molecule has 0 amide bonds. The van der Waals surface area contributed by atoms with E-state index < -0.39 is 0 Å². The minimum atomic E-state index is 0.0659. The van der Waals surface area contributed by atoms with Crippen LogP contribution in [0.5, 0.6) is 0 Å². The molecule has 1 heterocycles. The second-order valence-corrected chi connectivity index (χ2v) is 5.88. The normalized spacial score (nSPS) is 15.4. The maximum Gasteiger partial charge on any atom is 0.0555 e. The highest BCUT2D eigenvalue weighted by Gasteiger charge is 2.21. The number of halogens is 1. The lowest BCUT2D eigenvalue weighted by Gasteiger charge is -2.22. The number of rotatable bonds is 2. The van der Waals surface area contributed by atoms with Crippen LogP contribution < -0.4 is 10.6 Å². The maximum absolute atomic E-state index is 5.93. The molecule has 19 heavy (non-hydrogen) atoms. The van der Waals surface area contributed by atoms with Crippen LogP contribution in [-0.4, -0.2) is 6.54 Å². The smallest absolute Gasteiger partial charge is 0.0555 e. The lowest BCUT2D eigenvalue weighted by Crippen LogP contribution is -2.14. The van der Waals surface area contributed by atoms with E-state index in [2.05, 4.69) is 63.3 Å². The number of para-hydroxylation sites is 1. The van der Waals surface area contributed by atoms with Crippen molar-refractivity contribution in [2.45, 2.75) is 19.4 Å². The molecule has 0 aliphatic carbocycles. The van der Waals surface area contributed by atoms with Gasteiger partial charge in [0.05, 0.1) is 5.69 Å². The van der Waals surface area contributed by atoms with E-state index in [1.54, 1.807) is 0 Å². The summed E-state index contributed by atoms with van der Waals surface area (Å²) in [5, 5.41) is 0. The molecular formula is C16H17BrN2. The van der Waals surface area contributed by atoms with E-state index in [1.807, 2.05) is 6.92 Å². The second-order valence-electron chi connectivity index (χ2n) is 5.03. The SMILES string of the molecule is C[C@@H](N)c1ccc(N2CCc3ccccc32)c(Br)c1. The molecule has 3 rings (SSSR count). The van der Waals surface area contributed by atoms with Crippen LogP contribution in [0, 0.1) is 0 Å². The Balaban J connectivity index is 2.00. The van der Waals surface area contributed by atoms with E-state index in [-0.39, 0.29) is 6.04 Å². The Morgan fingerprint density at radius 3 is 2.68 bits per heavy atom. The number of nitrogens with two attached hydrogens (primary N) is 1. The van der Waals surface area contributed by atoms with Crippen LogP contribution in [0.1, 0.15) is 24.1 Å². The number of anilines is 2. The zero-order valence-corrected chi connectivity index (χ0v) is 12.5. The highest BCUT2D eigenvalue weighted by Crippen LogP contribution is 2.38. The summed E-state index contributed by atoms with van der Waals surface area (Å²) in [6, 6.07) is 15.1. The molecule has 0 spiro atoms. The quantitative estimate of drug-likeness (QED) is 0.901. The number of fused-ring (bicyclic) bond motifs is 1. The van der Waals surface area contributed by atoms with Crippen LogP contribution >= 0.6 is 15.9 Å². The number of benzene rings is 2. The molecule has 0 saturated carbocycles. The van der Waals surface area contributed by atoms with Crippen LogP contribution in [0.15, 0.2) is 46.9 Å². The standard InChI is InChI=1S/C16H17BrN2/c1-11(18)13-6-7-16(14(17)10-13)19-9-8-12-4-2-3-5-15(12)19/h2-7,10-11H,8-9,18H2,1H3/t11-/m1/s1. The monoisotopic (exact) mass is 316 g/mol. The van der Waals surface area contributed by atoms with Crippen molar-refractivity contribution in [1.29, 1.82) is 0 Å². The Morgan fingerprint density at radius 2 is 1.95 bits per heavy atom. The van der Waals surface area contributed by atoms with E-state index in [0.717, 1.165) is 23.0 Å². The molecule has 0 fully saturated rings. The van der Waals surface area contributed by atoms with Crippen LogP contribution in [0.3, 0.4) is 0 Å². The molecule has 0 saturated heterocycles. The molecule has 0 unspecified atom stereocenters. The van der Waals surface area contributed by atoms with Gasteiger partial charge < -0.3 is 10.6 Å². The predicted molar refractivity (Wildman–Crippen MR) is 83.9 cm³/mol. The van der Waals surface area contributed by atoms with Crippen molar-refractivity contribution < 1.29 is 0 Å². The molecule has 0 bridgehead atoms. The van der Waals surface area contributed by atoms with Gasteiger partial charge in [-0.25, -0.2) is 0 Å². The van der Waals surface area contributed by atoms with Gasteiger partial charge in [-0.2, -0.15) is 0 Å². The third-order valence-electron chi connectivity index (χ3n) is 3.68. The fourth-order valence-electron chi connectivity index (χ4n) is 2.61. The van der Waals surface area contributed by atoms with Crippen molar-refractivity contribution >= 4 is 27.3 Å². The Bertz CT molecular complexity index is 607. The molecule has 1 aliphatic rings. The fourth-order valence-corrected chi connectivity index (χ4v) is 3.22. The zero-order chi connectivity index (χ0) is 13.4. The van der Waals surface area contributed by atoms with Gasteiger partial charge in [-0.05, 0) is 58.6 Å². The highest BCUT2D eigenvalue weighted by atomic mass is 79.9. The summed E-state index contributed by atoms with van der Waals surface area (Å²) in [5.74, 6) is 0. The van der Waals surface area contributed by atoms with Gasteiger partial charge >= 0.3 is 0 Å². The summed E-state index contributed by atoms with van der Waals surface area (Å²) in [5.41, 5.74) is 11.0. The topological polar surface area (TPSA) is 29.3 Å². The zero-order valence-electron chi connectivity index (χ0n) is 10.9. The highest BCUT2D eigenvalue weighted by molar-refractivity contribution is 9.10. The van der Waals surface area contributed by atoms with Crippen molar-refractivity contribution in [2.75, 3.05) is 11.4 Å². The molecule has 98 valence electrons. The summed E-state index contributed by atoms with van der Waals surface area (Å²) < 4.78 is 1.11. The number of hydrogen-bond acceptors (Lipinski definition) is 2. The van der Waals surface area contributed by atoms with Crippen molar-refractivity contribution in [3.05, 3.63) is 58.1 Å². The molecule has 2 N–H and O–H groups in total. The lowest BCUT2D eigenvalue weighted by molar-refractivity contribution is 0.817. The van der Waals surface area contributed by atoms with Crippen LogP contribution in [0.2, 0.25) is 0 Å². The summed E-state index contributed by atoms with van der Waals surface area (Å²) in [6.45, 7) is 3.04. The summed E-state index contributed by atoms with van der Waals surface area (Å²) >= 11 is 3.68. The molecule has 2 aromatic carbocycles. The fraction of sp³-hybridized carbons (Fsp3) is 0.250. The first kappa shape index (κ1) is 12.7. The van der Waals surface area contributed by atoms with Crippen LogP contribution in [0.25, 0.3) is 0 Å².